The number of aryl methyl sites for hydroxylation is 2. The average molecular weight is 279 g/mol. The molecule has 0 heterocycles. The Balaban J connectivity index is 1.71. The fourth-order valence-electron chi connectivity index (χ4n) is 3.30. The normalized spacial score (nSPS) is 17.8. The van der Waals surface area contributed by atoms with Crippen molar-refractivity contribution in [3.05, 3.63) is 70.8 Å². The van der Waals surface area contributed by atoms with Crippen LogP contribution in [0.15, 0.2) is 48.5 Å². The van der Waals surface area contributed by atoms with Crippen LogP contribution in [0.1, 0.15) is 48.6 Å². The SMILES string of the molecule is Cc1ccc2c(c1)C(NCC(C)(C)c1ccccc1)CC2. The summed E-state index contributed by atoms with van der Waals surface area (Å²) in [5, 5.41) is 3.80. The molecule has 1 heteroatoms. The van der Waals surface area contributed by atoms with Crippen molar-refractivity contribution >= 4 is 0 Å². The topological polar surface area (TPSA) is 12.0 Å². The molecule has 0 aromatic heterocycles. The van der Waals surface area contributed by atoms with Crippen molar-refractivity contribution in [3.63, 3.8) is 0 Å². The van der Waals surface area contributed by atoms with Crippen LogP contribution in [0.5, 0.6) is 0 Å². The van der Waals surface area contributed by atoms with E-state index in [1.165, 1.54) is 35.1 Å². The molecule has 0 saturated carbocycles. The molecule has 110 valence electrons. The number of nitrogens with one attached hydrogen (secondary N) is 1. The van der Waals surface area contributed by atoms with Gasteiger partial charge in [0.1, 0.15) is 0 Å². The van der Waals surface area contributed by atoms with Gasteiger partial charge in [-0.1, -0.05) is 67.9 Å². The number of hydrogen-bond donors (Lipinski definition) is 1. The summed E-state index contributed by atoms with van der Waals surface area (Å²) in [4.78, 5) is 0. The van der Waals surface area contributed by atoms with Crippen LogP contribution >= 0.6 is 0 Å². The highest BCUT2D eigenvalue weighted by Gasteiger charge is 2.26. The van der Waals surface area contributed by atoms with Gasteiger partial charge in [-0.05, 0) is 36.5 Å². The molecular weight excluding hydrogens is 254 g/mol. The van der Waals surface area contributed by atoms with E-state index in [0.29, 0.717) is 6.04 Å². The quantitative estimate of drug-likeness (QED) is 0.865. The van der Waals surface area contributed by atoms with Crippen molar-refractivity contribution in [2.75, 3.05) is 6.54 Å². The van der Waals surface area contributed by atoms with E-state index < -0.39 is 0 Å². The van der Waals surface area contributed by atoms with Crippen LogP contribution in [0.3, 0.4) is 0 Å². The minimum absolute atomic E-state index is 0.161. The van der Waals surface area contributed by atoms with Gasteiger partial charge in [-0.2, -0.15) is 0 Å². The predicted molar refractivity (Wildman–Crippen MR) is 89.7 cm³/mol. The Labute approximate surface area is 128 Å². The maximum atomic E-state index is 3.80. The van der Waals surface area contributed by atoms with Crippen molar-refractivity contribution in [2.24, 2.45) is 0 Å². The molecule has 21 heavy (non-hydrogen) atoms. The van der Waals surface area contributed by atoms with Crippen molar-refractivity contribution in [1.29, 1.82) is 0 Å². The lowest BCUT2D eigenvalue weighted by Gasteiger charge is -2.28. The van der Waals surface area contributed by atoms with Crippen molar-refractivity contribution in [1.82, 2.24) is 5.32 Å². The molecule has 1 atom stereocenters. The molecule has 0 aliphatic heterocycles. The Kier molecular flexibility index (Phi) is 3.86. The number of rotatable bonds is 4. The van der Waals surface area contributed by atoms with E-state index >= 15 is 0 Å². The molecule has 1 aliphatic carbocycles. The second-order valence-electron chi connectivity index (χ2n) is 6.92. The summed E-state index contributed by atoms with van der Waals surface area (Å²) in [6, 6.07) is 18.2. The molecule has 0 radical (unpaired) electrons. The van der Waals surface area contributed by atoms with E-state index in [9.17, 15) is 0 Å². The minimum Gasteiger partial charge on any atom is -0.309 e. The zero-order valence-corrected chi connectivity index (χ0v) is 13.3. The fraction of sp³-hybridized carbons (Fsp3) is 0.400. The van der Waals surface area contributed by atoms with E-state index in [-0.39, 0.29) is 5.41 Å². The summed E-state index contributed by atoms with van der Waals surface area (Å²) in [7, 11) is 0. The Bertz CT molecular complexity index is 613. The van der Waals surface area contributed by atoms with Gasteiger partial charge in [0.25, 0.3) is 0 Å². The first-order valence-corrected chi connectivity index (χ1v) is 7.94. The monoisotopic (exact) mass is 279 g/mol. The molecule has 0 spiro atoms. The highest BCUT2D eigenvalue weighted by atomic mass is 14.9. The predicted octanol–water partition coefficient (Wildman–Crippen LogP) is 4.55. The number of hydrogen-bond acceptors (Lipinski definition) is 1. The lowest BCUT2D eigenvalue weighted by molar-refractivity contribution is 0.421. The van der Waals surface area contributed by atoms with Gasteiger partial charge >= 0.3 is 0 Å². The average Bonchev–Trinajstić information content (AvgIpc) is 2.88. The molecule has 1 nitrogen and oxygen atoms in total. The summed E-state index contributed by atoms with van der Waals surface area (Å²) in [5.74, 6) is 0. The van der Waals surface area contributed by atoms with Crippen LogP contribution < -0.4 is 5.32 Å². The Morgan fingerprint density at radius 1 is 1.10 bits per heavy atom. The molecule has 0 amide bonds. The Morgan fingerprint density at radius 2 is 1.86 bits per heavy atom. The molecule has 2 aromatic carbocycles. The molecule has 0 fully saturated rings. The van der Waals surface area contributed by atoms with Crippen molar-refractivity contribution < 1.29 is 0 Å². The number of benzene rings is 2. The molecule has 1 unspecified atom stereocenters. The molecular formula is C20H25N. The van der Waals surface area contributed by atoms with E-state index in [1.54, 1.807) is 0 Å². The van der Waals surface area contributed by atoms with E-state index in [4.69, 9.17) is 0 Å². The molecule has 3 rings (SSSR count). The van der Waals surface area contributed by atoms with E-state index in [0.717, 1.165) is 6.54 Å². The van der Waals surface area contributed by atoms with E-state index in [1.807, 2.05) is 0 Å². The zero-order valence-electron chi connectivity index (χ0n) is 13.3. The standard InChI is InChI=1S/C20H25N/c1-15-9-10-16-11-12-19(18(16)13-15)21-14-20(2,3)17-7-5-4-6-8-17/h4-10,13,19,21H,11-12,14H2,1-3H3. The van der Waals surface area contributed by atoms with E-state index in [2.05, 4.69) is 74.6 Å². The van der Waals surface area contributed by atoms with Gasteiger partial charge in [-0.25, -0.2) is 0 Å². The molecule has 1 N–H and O–H groups in total. The van der Waals surface area contributed by atoms with Crippen LogP contribution in [0.2, 0.25) is 0 Å². The Morgan fingerprint density at radius 3 is 2.62 bits per heavy atom. The lowest BCUT2D eigenvalue weighted by atomic mass is 9.84. The van der Waals surface area contributed by atoms with Crippen LogP contribution in [0, 0.1) is 6.92 Å². The lowest BCUT2D eigenvalue weighted by Crippen LogP contribution is -2.34. The maximum Gasteiger partial charge on any atom is 0.0326 e. The first-order chi connectivity index (χ1) is 10.1. The summed E-state index contributed by atoms with van der Waals surface area (Å²) >= 11 is 0. The summed E-state index contributed by atoms with van der Waals surface area (Å²) in [6.07, 6.45) is 2.43. The Hall–Kier alpha value is -1.60. The molecule has 0 bridgehead atoms. The third-order valence-electron chi connectivity index (χ3n) is 4.72. The van der Waals surface area contributed by atoms with Gasteiger partial charge in [-0.15, -0.1) is 0 Å². The maximum absolute atomic E-state index is 3.80. The zero-order chi connectivity index (χ0) is 14.9. The van der Waals surface area contributed by atoms with Crippen LogP contribution in [0.4, 0.5) is 0 Å². The van der Waals surface area contributed by atoms with Gasteiger partial charge in [0.05, 0.1) is 0 Å². The largest absolute Gasteiger partial charge is 0.309 e. The first-order valence-electron chi connectivity index (χ1n) is 7.94. The van der Waals surface area contributed by atoms with Gasteiger partial charge < -0.3 is 5.32 Å². The fourth-order valence-corrected chi connectivity index (χ4v) is 3.30. The third-order valence-corrected chi connectivity index (χ3v) is 4.72. The summed E-state index contributed by atoms with van der Waals surface area (Å²) in [5.41, 5.74) is 5.97. The van der Waals surface area contributed by atoms with Gasteiger partial charge in [0.2, 0.25) is 0 Å². The highest BCUT2D eigenvalue weighted by molar-refractivity contribution is 5.37. The van der Waals surface area contributed by atoms with Crippen molar-refractivity contribution in [3.8, 4) is 0 Å². The van der Waals surface area contributed by atoms with Crippen molar-refractivity contribution in [2.45, 2.75) is 45.1 Å². The van der Waals surface area contributed by atoms with Crippen LogP contribution in [0.25, 0.3) is 0 Å². The van der Waals surface area contributed by atoms with Gasteiger partial charge in [-0.3, -0.25) is 0 Å². The minimum atomic E-state index is 0.161. The molecule has 2 aromatic rings. The second kappa shape index (κ2) is 5.65. The molecule has 0 saturated heterocycles. The van der Waals surface area contributed by atoms with Crippen LogP contribution in [-0.2, 0) is 11.8 Å². The second-order valence-corrected chi connectivity index (χ2v) is 6.92. The summed E-state index contributed by atoms with van der Waals surface area (Å²) < 4.78 is 0. The van der Waals surface area contributed by atoms with Gasteiger partial charge in [0.15, 0.2) is 0 Å². The first kappa shape index (κ1) is 14.3. The number of fused-ring (bicyclic) bond motifs is 1. The van der Waals surface area contributed by atoms with Gasteiger partial charge in [0, 0.05) is 18.0 Å². The third kappa shape index (κ3) is 3.03. The summed E-state index contributed by atoms with van der Waals surface area (Å²) in [6.45, 7) is 7.83. The smallest absolute Gasteiger partial charge is 0.0326 e. The van der Waals surface area contributed by atoms with Crippen LogP contribution in [-0.4, -0.2) is 6.54 Å². The highest BCUT2D eigenvalue weighted by Crippen LogP contribution is 2.33. The molecule has 1 aliphatic rings.